The first kappa shape index (κ1) is 13.4. The van der Waals surface area contributed by atoms with Crippen molar-refractivity contribution in [3.63, 3.8) is 0 Å². The van der Waals surface area contributed by atoms with Crippen LogP contribution in [0.1, 0.15) is 0 Å². The summed E-state index contributed by atoms with van der Waals surface area (Å²) in [4.78, 5) is 0. The minimum absolute atomic E-state index is 0.957. The summed E-state index contributed by atoms with van der Waals surface area (Å²) in [6.45, 7) is 0. The van der Waals surface area contributed by atoms with Gasteiger partial charge in [0.25, 0.3) is 0 Å². The molecule has 0 aromatic carbocycles. The van der Waals surface area contributed by atoms with Gasteiger partial charge < -0.3 is 0 Å². The summed E-state index contributed by atoms with van der Waals surface area (Å²) in [5.74, 6) is 5.83. The molecular formula is C10H16S4Se2. The van der Waals surface area contributed by atoms with Crippen molar-refractivity contribution in [1.82, 2.24) is 0 Å². The Bertz CT molecular complexity index is 209. The average Bonchev–Trinajstić information content (AvgIpc) is 3.17. The van der Waals surface area contributed by atoms with Gasteiger partial charge in [0.1, 0.15) is 0 Å². The molecule has 3 aliphatic heterocycles. The van der Waals surface area contributed by atoms with Gasteiger partial charge in [-0.15, -0.1) is 0 Å². The van der Waals surface area contributed by atoms with Gasteiger partial charge in [-0.2, -0.15) is 0 Å². The Labute approximate surface area is 128 Å². The second kappa shape index (κ2) is 6.74. The molecule has 3 saturated heterocycles. The number of rotatable bonds is 6. The third-order valence-corrected chi connectivity index (χ3v) is 18.0. The summed E-state index contributed by atoms with van der Waals surface area (Å²) in [6.07, 6.45) is 0. The van der Waals surface area contributed by atoms with E-state index in [1.54, 1.807) is 10.6 Å². The second-order valence-corrected chi connectivity index (χ2v) is 15.7. The van der Waals surface area contributed by atoms with E-state index in [9.17, 15) is 0 Å². The monoisotopic (exact) mass is 424 g/mol. The van der Waals surface area contributed by atoms with Gasteiger partial charge in [0.2, 0.25) is 0 Å². The molecule has 0 spiro atoms. The first-order valence-electron chi connectivity index (χ1n) is 5.61. The van der Waals surface area contributed by atoms with E-state index in [-0.39, 0.29) is 0 Å². The summed E-state index contributed by atoms with van der Waals surface area (Å²) in [5, 5.41) is 5.25. The van der Waals surface area contributed by atoms with E-state index in [0.717, 1.165) is 48.7 Å². The van der Waals surface area contributed by atoms with Gasteiger partial charge in [0.15, 0.2) is 0 Å². The van der Waals surface area contributed by atoms with E-state index in [2.05, 4.69) is 47.0 Å². The van der Waals surface area contributed by atoms with Crippen molar-refractivity contribution >= 4 is 77.0 Å². The second-order valence-electron chi connectivity index (χ2n) is 4.06. The van der Waals surface area contributed by atoms with Crippen molar-refractivity contribution in [3.8, 4) is 0 Å². The van der Waals surface area contributed by atoms with Crippen LogP contribution in [-0.4, -0.2) is 71.7 Å². The zero-order valence-electron chi connectivity index (χ0n) is 9.00. The number of hydrogen-bond donors (Lipinski definition) is 0. The summed E-state index contributed by atoms with van der Waals surface area (Å²) in [6, 6.07) is 0. The van der Waals surface area contributed by atoms with Crippen LogP contribution in [0.5, 0.6) is 0 Å². The predicted molar refractivity (Wildman–Crippen MR) is 86.1 cm³/mol. The van der Waals surface area contributed by atoms with Crippen LogP contribution in [0.3, 0.4) is 0 Å². The Morgan fingerprint density at radius 1 is 0.875 bits per heavy atom. The topological polar surface area (TPSA) is 0 Å². The Kier molecular flexibility index (Phi) is 5.66. The van der Waals surface area contributed by atoms with E-state index < -0.39 is 0 Å². The van der Waals surface area contributed by atoms with Crippen molar-refractivity contribution in [2.45, 2.75) is 29.4 Å². The fourth-order valence-corrected chi connectivity index (χ4v) is 16.4. The van der Waals surface area contributed by atoms with Crippen LogP contribution in [0.15, 0.2) is 0 Å². The molecule has 0 nitrogen and oxygen atoms in total. The van der Waals surface area contributed by atoms with Gasteiger partial charge in [-0.05, 0) is 0 Å². The molecule has 0 amide bonds. The van der Waals surface area contributed by atoms with E-state index in [1.165, 1.54) is 23.0 Å². The molecular weight excluding hydrogens is 406 g/mol. The van der Waals surface area contributed by atoms with Crippen molar-refractivity contribution < 1.29 is 0 Å². The Morgan fingerprint density at radius 2 is 1.31 bits per heavy atom. The maximum atomic E-state index is 2.34. The van der Waals surface area contributed by atoms with Crippen molar-refractivity contribution in [2.75, 3.05) is 23.0 Å². The Morgan fingerprint density at radius 3 is 1.69 bits per heavy atom. The normalized spacial score (nSPS) is 42.0. The molecule has 4 unspecified atom stereocenters. The van der Waals surface area contributed by atoms with Crippen LogP contribution in [-0.2, 0) is 0 Å². The van der Waals surface area contributed by atoms with Crippen LogP contribution in [0.4, 0.5) is 0 Å². The summed E-state index contributed by atoms with van der Waals surface area (Å²) >= 11 is 10.9. The molecule has 16 heavy (non-hydrogen) atoms. The fraction of sp³-hybridized carbons (Fsp3) is 1.00. The molecule has 0 aliphatic carbocycles. The molecule has 3 rings (SSSR count). The van der Waals surface area contributed by atoms with Crippen LogP contribution in [0.2, 0.25) is 10.6 Å². The van der Waals surface area contributed by atoms with Crippen molar-refractivity contribution in [3.05, 3.63) is 0 Å². The van der Waals surface area contributed by atoms with E-state index >= 15 is 0 Å². The van der Waals surface area contributed by atoms with Crippen LogP contribution >= 0.6 is 47.0 Å². The molecule has 3 heterocycles. The maximum absolute atomic E-state index is 2.34. The molecule has 0 aromatic rings. The van der Waals surface area contributed by atoms with Crippen molar-refractivity contribution in [2.24, 2.45) is 0 Å². The molecule has 0 N–H and O–H groups in total. The summed E-state index contributed by atoms with van der Waals surface area (Å²) in [5.41, 5.74) is 0. The standard InChI is InChI=1S/C10H16S4Se2/c1-2-16-10(14-6-8-4-12-8)9(15-1)13-5-7-3-11-7/h7-10H,1-6H2. The van der Waals surface area contributed by atoms with Gasteiger partial charge in [0.05, 0.1) is 0 Å². The van der Waals surface area contributed by atoms with Gasteiger partial charge >= 0.3 is 129 Å². The zero-order valence-corrected chi connectivity index (χ0v) is 15.7. The van der Waals surface area contributed by atoms with Crippen LogP contribution in [0.25, 0.3) is 0 Å². The van der Waals surface area contributed by atoms with Crippen molar-refractivity contribution in [1.29, 1.82) is 0 Å². The molecule has 4 atom stereocenters. The zero-order chi connectivity index (χ0) is 10.8. The fourth-order valence-electron chi connectivity index (χ4n) is 1.47. The quantitative estimate of drug-likeness (QED) is 0.477. The third kappa shape index (κ3) is 4.52. The van der Waals surface area contributed by atoms with E-state index in [1.807, 2.05) is 0 Å². The molecule has 92 valence electrons. The van der Waals surface area contributed by atoms with E-state index in [0.29, 0.717) is 0 Å². The van der Waals surface area contributed by atoms with Gasteiger partial charge in [-0.3, -0.25) is 0 Å². The van der Waals surface area contributed by atoms with Gasteiger partial charge in [-0.25, -0.2) is 0 Å². The minimum atomic E-state index is 0.957. The first-order chi connectivity index (χ1) is 7.92. The van der Waals surface area contributed by atoms with Gasteiger partial charge in [-0.1, -0.05) is 0 Å². The predicted octanol–water partition coefficient (Wildman–Crippen LogP) is 2.59. The van der Waals surface area contributed by atoms with Crippen LogP contribution in [0, 0.1) is 0 Å². The SMILES string of the molecule is C1C[Se]C(SCC2CS2)C(SCC2CS2)[Se]1. The summed E-state index contributed by atoms with van der Waals surface area (Å²) < 4.78 is 2.16. The Balaban J connectivity index is 1.42. The molecule has 0 aromatic heterocycles. The average molecular weight is 422 g/mol. The Hall–Kier alpha value is 2.44. The molecule has 3 fully saturated rings. The molecule has 6 heteroatoms. The molecule has 3 aliphatic rings. The molecule has 0 radical (unpaired) electrons. The number of thioether (sulfide) groups is 4. The van der Waals surface area contributed by atoms with E-state index in [4.69, 9.17) is 0 Å². The van der Waals surface area contributed by atoms with Gasteiger partial charge in [0, 0.05) is 0 Å². The molecule has 0 saturated carbocycles. The molecule has 0 bridgehead atoms. The van der Waals surface area contributed by atoms with Crippen LogP contribution < -0.4 is 0 Å². The third-order valence-electron chi connectivity index (χ3n) is 2.57. The number of hydrogen-bond acceptors (Lipinski definition) is 4. The summed E-state index contributed by atoms with van der Waals surface area (Å²) in [7, 11) is 0. The first-order valence-corrected chi connectivity index (χ1v) is 14.2.